The molecule has 0 aromatic rings. The van der Waals surface area contributed by atoms with Gasteiger partial charge in [-0.2, -0.15) is 0 Å². The minimum atomic E-state index is -0.158. The van der Waals surface area contributed by atoms with Gasteiger partial charge in [-0.25, -0.2) is 0 Å². The van der Waals surface area contributed by atoms with Crippen molar-refractivity contribution < 1.29 is 5.11 Å². The fraction of sp³-hybridized carbons (Fsp3) is 0.900. The van der Waals surface area contributed by atoms with Crippen LogP contribution in [0.15, 0.2) is 11.1 Å². The van der Waals surface area contributed by atoms with Gasteiger partial charge in [0.2, 0.25) is 0 Å². The second-order valence-electron chi connectivity index (χ2n) is 9.00. The molecule has 0 heterocycles. The van der Waals surface area contributed by atoms with E-state index in [1.54, 1.807) is 5.57 Å². The molecule has 1 heteroatoms. The molecule has 2 fully saturated rings. The highest BCUT2D eigenvalue weighted by Crippen LogP contribution is 2.58. The van der Waals surface area contributed by atoms with Crippen LogP contribution in [-0.2, 0) is 0 Å². The Morgan fingerprint density at radius 3 is 2.57 bits per heavy atom. The highest BCUT2D eigenvalue weighted by atomic mass is 16.3. The average Bonchev–Trinajstić information content (AvgIpc) is 2.87. The van der Waals surface area contributed by atoms with E-state index in [1.165, 1.54) is 37.7 Å². The first-order chi connectivity index (χ1) is 9.83. The highest BCUT2D eigenvalue weighted by Gasteiger charge is 2.49. The van der Waals surface area contributed by atoms with Gasteiger partial charge in [-0.3, -0.25) is 0 Å². The summed E-state index contributed by atoms with van der Waals surface area (Å²) in [5.41, 5.74) is 3.46. The Hall–Kier alpha value is -0.300. The van der Waals surface area contributed by atoms with E-state index < -0.39 is 0 Å². The van der Waals surface area contributed by atoms with Gasteiger partial charge in [0.25, 0.3) is 0 Å². The van der Waals surface area contributed by atoms with Gasteiger partial charge >= 0.3 is 0 Å². The molecule has 3 aliphatic rings. The van der Waals surface area contributed by atoms with Gasteiger partial charge < -0.3 is 5.11 Å². The molecule has 0 saturated heterocycles. The monoisotopic (exact) mass is 290 g/mol. The zero-order valence-electron chi connectivity index (χ0n) is 14.7. The van der Waals surface area contributed by atoms with Crippen LogP contribution < -0.4 is 0 Å². The first-order valence-electron chi connectivity index (χ1n) is 9.21. The van der Waals surface area contributed by atoms with Crippen molar-refractivity contribution in [1.29, 1.82) is 0 Å². The predicted octanol–water partition coefficient (Wildman–Crippen LogP) is 5.19. The van der Waals surface area contributed by atoms with Crippen LogP contribution >= 0.6 is 0 Å². The van der Waals surface area contributed by atoms with E-state index >= 15 is 0 Å². The zero-order valence-corrected chi connectivity index (χ0v) is 14.7. The SMILES string of the molecule is CC1=C2C[C@]3(C)CC[C@@H](C(C)C)[C@H]3CC[C@@H](C)[C@@H]2CC1O. The number of hydrogen-bond acceptors (Lipinski definition) is 1. The molecule has 0 aromatic heterocycles. The van der Waals surface area contributed by atoms with E-state index in [2.05, 4.69) is 34.6 Å². The topological polar surface area (TPSA) is 20.2 Å². The van der Waals surface area contributed by atoms with Crippen molar-refractivity contribution in [3.05, 3.63) is 11.1 Å². The van der Waals surface area contributed by atoms with Crippen molar-refractivity contribution in [2.75, 3.05) is 0 Å². The van der Waals surface area contributed by atoms with Crippen LogP contribution in [-0.4, -0.2) is 11.2 Å². The summed E-state index contributed by atoms with van der Waals surface area (Å²) in [4.78, 5) is 0. The molecule has 0 aromatic carbocycles. The Labute approximate surface area is 131 Å². The van der Waals surface area contributed by atoms with Crippen molar-refractivity contribution in [3.8, 4) is 0 Å². The molecule has 120 valence electrons. The maximum absolute atomic E-state index is 10.3. The summed E-state index contributed by atoms with van der Waals surface area (Å²) in [6.07, 6.45) is 7.70. The number of fused-ring (bicyclic) bond motifs is 2. The summed E-state index contributed by atoms with van der Waals surface area (Å²) in [6.45, 7) is 12.0. The van der Waals surface area contributed by atoms with Crippen LogP contribution in [0.4, 0.5) is 0 Å². The second kappa shape index (κ2) is 5.41. The molecule has 1 N–H and O–H groups in total. The number of aliphatic hydroxyl groups is 1. The Morgan fingerprint density at radius 1 is 1.19 bits per heavy atom. The quantitative estimate of drug-likeness (QED) is 0.659. The third-order valence-corrected chi connectivity index (χ3v) is 7.46. The van der Waals surface area contributed by atoms with Gasteiger partial charge in [-0.15, -0.1) is 0 Å². The number of rotatable bonds is 1. The van der Waals surface area contributed by atoms with Crippen LogP contribution in [0.3, 0.4) is 0 Å². The first kappa shape index (κ1) is 15.6. The molecule has 0 radical (unpaired) electrons. The van der Waals surface area contributed by atoms with Gasteiger partial charge in [-0.05, 0) is 86.0 Å². The molecule has 2 saturated carbocycles. The van der Waals surface area contributed by atoms with E-state index in [1.807, 2.05) is 0 Å². The minimum Gasteiger partial charge on any atom is -0.389 e. The summed E-state index contributed by atoms with van der Waals surface area (Å²) < 4.78 is 0. The summed E-state index contributed by atoms with van der Waals surface area (Å²) in [5.74, 6) is 4.07. The molecule has 0 bridgehead atoms. The molecular formula is C20H34O. The Morgan fingerprint density at radius 2 is 1.90 bits per heavy atom. The Bertz CT molecular complexity index is 435. The van der Waals surface area contributed by atoms with Crippen LogP contribution in [0.1, 0.15) is 73.1 Å². The predicted molar refractivity (Wildman–Crippen MR) is 89.0 cm³/mol. The van der Waals surface area contributed by atoms with E-state index in [4.69, 9.17) is 0 Å². The van der Waals surface area contributed by atoms with E-state index in [0.717, 1.165) is 30.1 Å². The molecule has 21 heavy (non-hydrogen) atoms. The van der Waals surface area contributed by atoms with E-state index in [9.17, 15) is 5.11 Å². The number of hydrogen-bond donors (Lipinski definition) is 1. The van der Waals surface area contributed by atoms with Crippen LogP contribution in [0.2, 0.25) is 0 Å². The second-order valence-corrected chi connectivity index (χ2v) is 9.00. The van der Waals surface area contributed by atoms with E-state index in [-0.39, 0.29) is 6.10 Å². The van der Waals surface area contributed by atoms with Crippen molar-refractivity contribution in [3.63, 3.8) is 0 Å². The number of allylic oxidation sites excluding steroid dienone is 1. The van der Waals surface area contributed by atoms with Gasteiger partial charge in [-0.1, -0.05) is 33.3 Å². The lowest BCUT2D eigenvalue weighted by molar-refractivity contribution is 0.117. The van der Waals surface area contributed by atoms with Crippen LogP contribution in [0, 0.1) is 35.0 Å². The van der Waals surface area contributed by atoms with Gasteiger partial charge in [0, 0.05) is 0 Å². The molecule has 3 aliphatic carbocycles. The fourth-order valence-electron chi connectivity index (χ4n) is 5.97. The van der Waals surface area contributed by atoms with Gasteiger partial charge in [0.15, 0.2) is 0 Å². The summed E-state index contributed by atoms with van der Waals surface area (Å²) in [6, 6.07) is 0. The third-order valence-electron chi connectivity index (χ3n) is 7.46. The van der Waals surface area contributed by atoms with Gasteiger partial charge in [0.05, 0.1) is 6.10 Å². The highest BCUT2D eigenvalue weighted by molar-refractivity contribution is 5.28. The lowest BCUT2D eigenvalue weighted by Crippen LogP contribution is -2.32. The van der Waals surface area contributed by atoms with Crippen LogP contribution in [0.5, 0.6) is 0 Å². The summed E-state index contributed by atoms with van der Waals surface area (Å²) in [7, 11) is 0. The fourth-order valence-corrected chi connectivity index (χ4v) is 5.97. The van der Waals surface area contributed by atoms with Crippen LogP contribution in [0.25, 0.3) is 0 Å². The van der Waals surface area contributed by atoms with E-state index in [0.29, 0.717) is 11.3 Å². The lowest BCUT2D eigenvalue weighted by atomic mass is 9.64. The molecule has 1 unspecified atom stereocenters. The zero-order chi connectivity index (χ0) is 15.4. The standard InChI is InChI=1S/C20H34O/c1-12(2)15-8-9-20(5)11-17-14(4)19(21)10-16(17)13(3)6-7-18(15)20/h12-13,15-16,18-19,21H,6-11H2,1-5H3/t13-,15+,16+,18-,19?,20+/m1/s1. The van der Waals surface area contributed by atoms with Crippen molar-refractivity contribution in [2.45, 2.75) is 79.2 Å². The largest absolute Gasteiger partial charge is 0.389 e. The normalized spacial score (nSPS) is 47.3. The van der Waals surface area contributed by atoms with Crippen molar-refractivity contribution in [1.82, 2.24) is 0 Å². The summed E-state index contributed by atoms with van der Waals surface area (Å²) >= 11 is 0. The molecule has 3 rings (SSSR count). The maximum Gasteiger partial charge on any atom is 0.0756 e. The molecule has 6 atom stereocenters. The minimum absolute atomic E-state index is 0.158. The molecule has 0 spiro atoms. The average molecular weight is 290 g/mol. The smallest absolute Gasteiger partial charge is 0.0756 e. The number of aliphatic hydroxyl groups excluding tert-OH is 1. The molecule has 0 aliphatic heterocycles. The van der Waals surface area contributed by atoms with Crippen molar-refractivity contribution >= 4 is 0 Å². The lowest BCUT2D eigenvalue weighted by Gasteiger charge is -2.41. The van der Waals surface area contributed by atoms with Gasteiger partial charge in [0.1, 0.15) is 0 Å². The Balaban J connectivity index is 1.93. The third kappa shape index (κ3) is 2.50. The molecule has 1 nitrogen and oxygen atoms in total. The Kier molecular flexibility index (Phi) is 4.01. The van der Waals surface area contributed by atoms with Crippen molar-refractivity contribution in [2.24, 2.45) is 35.0 Å². The molecular weight excluding hydrogens is 256 g/mol. The maximum atomic E-state index is 10.3. The first-order valence-corrected chi connectivity index (χ1v) is 9.21. The molecule has 0 amide bonds. The summed E-state index contributed by atoms with van der Waals surface area (Å²) in [5, 5.41) is 10.3.